The molecular weight excluding hydrogens is 275 g/mol. The highest BCUT2D eigenvalue weighted by Gasteiger charge is 2.51. The lowest BCUT2D eigenvalue weighted by Crippen LogP contribution is -2.41. The Balaban J connectivity index is 0.000000956. The molecule has 2 rings (SSSR count). The van der Waals surface area contributed by atoms with Crippen LogP contribution < -0.4 is 5.46 Å². The standard InChI is InChI=1S/C12H17BO4S.C2H6/c1-11(2)12(3,4)17-13(16-11)8-6-9(18-7-8)10(14)15-5;1-2/h6-7H,1-5H3;1-2H3. The summed E-state index contributed by atoms with van der Waals surface area (Å²) in [5.41, 5.74) is 0.120. The van der Waals surface area contributed by atoms with Crippen molar-refractivity contribution < 1.29 is 18.8 Å². The van der Waals surface area contributed by atoms with Crippen LogP contribution in [0, 0.1) is 0 Å². The van der Waals surface area contributed by atoms with Gasteiger partial charge in [0.25, 0.3) is 0 Å². The van der Waals surface area contributed by atoms with Crippen LogP contribution in [0.3, 0.4) is 0 Å². The minimum absolute atomic E-state index is 0.331. The maximum Gasteiger partial charge on any atom is 0.495 e. The number of methoxy groups -OCH3 is 1. The van der Waals surface area contributed by atoms with Crippen molar-refractivity contribution in [2.24, 2.45) is 0 Å². The van der Waals surface area contributed by atoms with Crippen LogP contribution >= 0.6 is 11.3 Å². The smallest absolute Gasteiger partial charge is 0.465 e. The summed E-state index contributed by atoms with van der Waals surface area (Å²) >= 11 is 1.33. The van der Waals surface area contributed by atoms with Crippen molar-refractivity contribution in [2.75, 3.05) is 7.11 Å². The molecular formula is C14H23BO4S. The molecule has 0 bridgehead atoms. The topological polar surface area (TPSA) is 44.8 Å². The first-order valence-corrected chi connectivity index (χ1v) is 7.67. The van der Waals surface area contributed by atoms with E-state index in [0.717, 1.165) is 5.46 Å². The molecule has 0 atom stereocenters. The lowest BCUT2D eigenvalue weighted by molar-refractivity contribution is 0.00578. The molecule has 0 radical (unpaired) electrons. The summed E-state index contributed by atoms with van der Waals surface area (Å²) in [5, 5.41) is 1.87. The molecule has 1 saturated heterocycles. The van der Waals surface area contributed by atoms with Gasteiger partial charge in [-0.3, -0.25) is 0 Å². The third kappa shape index (κ3) is 3.24. The average Bonchev–Trinajstić information content (AvgIpc) is 2.95. The second-order valence-corrected chi connectivity index (χ2v) is 6.24. The molecule has 6 heteroatoms. The second kappa shape index (κ2) is 6.29. The Morgan fingerprint density at radius 1 is 1.20 bits per heavy atom. The van der Waals surface area contributed by atoms with Crippen LogP contribution in [0.25, 0.3) is 0 Å². The highest BCUT2D eigenvalue weighted by Crippen LogP contribution is 2.36. The maximum atomic E-state index is 11.4. The van der Waals surface area contributed by atoms with E-state index in [0.29, 0.717) is 4.88 Å². The van der Waals surface area contributed by atoms with E-state index in [1.54, 1.807) is 6.07 Å². The highest BCUT2D eigenvalue weighted by atomic mass is 32.1. The molecule has 20 heavy (non-hydrogen) atoms. The number of carbonyl (C=O) groups is 1. The van der Waals surface area contributed by atoms with Crippen LogP contribution in [0.15, 0.2) is 11.4 Å². The molecule has 0 spiro atoms. The Bertz CT molecular complexity index is 451. The summed E-state index contributed by atoms with van der Waals surface area (Å²) in [5.74, 6) is -0.331. The van der Waals surface area contributed by atoms with Crippen LogP contribution in [0.1, 0.15) is 51.2 Å². The zero-order valence-electron chi connectivity index (χ0n) is 13.3. The Hall–Kier alpha value is -0.845. The van der Waals surface area contributed by atoms with Crippen molar-refractivity contribution in [2.45, 2.75) is 52.7 Å². The fourth-order valence-corrected chi connectivity index (χ4v) is 2.49. The minimum atomic E-state index is -0.426. The molecule has 2 heterocycles. The molecule has 1 aliphatic rings. The molecule has 1 aromatic heterocycles. The van der Waals surface area contributed by atoms with Crippen LogP contribution in [0.4, 0.5) is 0 Å². The summed E-state index contributed by atoms with van der Waals surface area (Å²) in [7, 11) is 0.945. The zero-order valence-corrected chi connectivity index (χ0v) is 14.1. The van der Waals surface area contributed by atoms with Crippen LogP contribution in [-0.2, 0) is 14.0 Å². The summed E-state index contributed by atoms with van der Waals surface area (Å²) in [6.45, 7) is 12.0. The van der Waals surface area contributed by atoms with Crippen molar-refractivity contribution in [1.82, 2.24) is 0 Å². The van der Waals surface area contributed by atoms with Crippen molar-refractivity contribution in [3.63, 3.8) is 0 Å². The number of rotatable bonds is 2. The first kappa shape index (κ1) is 17.2. The lowest BCUT2D eigenvalue weighted by Gasteiger charge is -2.32. The summed E-state index contributed by atoms with van der Waals surface area (Å²) in [6.07, 6.45) is 0. The molecule has 0 unspecified atom stereocenters. The Morgan fingerprint density at radius 2 is 1.70 bits per heavy atom. The van der Waals surface area contributed by atoms with E-state index in [1.807, 2.05) is 46.9 Å². The van der Waals surface area contributed by atoms with E-state index in [2.05, 4.69) is 4.74 Å². The molecule has 4 nitrogen and oxygen atoms in total. The van der Waals surface area contributed by atoms with E-state index in [4.69, 9.17) is 9.31 Å². The normalized spacial score (nSPS) is 19.2. The molecule has 112 valence electrons. The summed E-state index contributed by atoms with van der Waals surface area (Å²) in [6, 6.07) is 1.76. The molecule has 1 fully saturated rings. The molecule has 0 N–H and O–H groups in total. The highest BCUT2D eigenvalue weighted by molar-refractivity contribution is 7.13. The maximum absolute atomic E-state index is 11.4. The second-order valence-electron chi connectivity index (χ2n) is 5.32. The molecule has 0 aromatic carbocycles. The van der Waals surface area contributed by atoms with Gasteiger partial charge >= 0.3 is 13.1 Å². The van der Waals surface area contributed by atoms with Gasteiger partial charge < -0.3 is 14.0 Å². The molecule has 0 aliphatic carbocycles. The van der Waals surface area contributed by atoms with Gasteiger partial charge in [-0.25, -0.2) is 4.79 Å². The monoisotopic (exact) mass is 298 g/mol. The van der Waals surface area contributed by atoms with Gasteiger partial charge in [-0.15, -0.1) is 11.3 Å². The number of carbonyl (C=O) groups excluding carboxylic acids is 1. The number of hydrogen-bond donors (Lipinski definition) is 0. The quantitative estimate of drug-likeness (QED) is 0.622. The van der Waals surface area contributed by atoms with Crippen molar-refractivity contribution in [3.05, 3.63) is 16.3 Å². The zero-order chi connectivity index (χ0) is 15.6. The third-order valence-corrected chi connectivity index (χ3v) is 4.46. The first-order valence-electron chi connectivity index (χ1n) is 6.79. The minimum Gasteiger partial charge on any atom is -0.465 e. The number of ether oxygens (including phenoxy) is 1. The van der Waals surface area contributed by atoms with Gasteiger partial charge in [-0.05, 0) is 44.6 Å². The number of thiophene rings is 1. The van der Waals surface area contributed by atoms with Gasteiger partial charge in [0, 0.05) is 0 Å². The molecule has 0 saturated carbocycles. The Labute approximate surface area is 125 Å². The lowest BCUT2D eigenvalue weighted by atomic mass is 9.81. The van der Waals surface area contributed by atoms with Crippen LogP contribution in [0.2, 0.25) is 0 Å². The van der Waals surface area contributed by atoms with Gasteiger partial charge in [0.2, 0.25) is 0 Å². The van der Waals surface area contributed by atoms with Gasteiger partial charge in [-0.2, -0.15) is 0 Å². The Kier molecular flexibility index (Phi) is 5.41. The van der Waals surface area contributed by atoms with Gasteiger partial charge in [0.1, 0.15) is 4.88 Å². The largest absolute Gasteiger partial charge is 0.495 e. The van der Waals surface area contributed by atoms with Crippen molar-refractivity contribution in [1.29, 1.82) is 0 Å². The summed E-state index contributed by atoms with van der Waals surface area (Å²) < 4.78 is 16.5. The van der Waals surface area contributed by atoms with Gasteiger partial charge in [-0.1, -0.05) is 13.8 Å². The fourth-order valence-electron chi connectivity index (χ4n) is 1.66. The van der Waals surface area contributed by atoms with Crippen LogP contribution in [-0.4, -0.2) is 31.4 Å². The molecule has 1 aliphatic heterocycles. The Morgan fingerprint density at radius 3 is 2.15 bits per heavy atom. The van der Waals surface area contributed by atoms with E-state index < -0.39 is 7.12 Å². The predicted molar refractivity (Wildman–Crippen MR) is 82.7 cm³/mol. The number of esters is 1. The van der Waals surface area contributed by atoms with Crippen molar-refractivity contribution >= 4 is 29.9 Å². The number of hydrogen-bond acceptors (Lipinski definition) is 5. The predicted octanol–water partition coefficient (Wildman–Crippen LogP) is 2.86. The summed E-state index contributed by atoms with van der Waals surface area (Å²) in [4.78, 5) is 12.0. The molecule has 1 aromatic rings. The SMILES string of the molecule is CC.COC(=O)c1cc(B2OC(C)(C)C(C)(C)O2)cs1. The van der Waals surface area contributed by atoms with Gasteiger partial charge in [0.05, 0.1) is 18.3 Å². The average molecular weight is 298 g/mol. The van der Waals surface area contributed by atoms with E-state index >= 15 is 0 Å². The first-order chi connectivity index (χ1) is 9.27. The van der Waals surface area contributed by atoms with Crippen molar-refractivity contribution in [3.8, 4) is 0 Å². The van der Waals surface area contributed by atoms with E-state index in [-0.39, 0.29) is 17.2 Å². The molecule has 0 amide bonds. The van der Waals surface area contributed by atoms with E-state index in [9.17, 15) is 4.79 Å². The fraction of sp³-hybridized carbons (Fsp3) is 0.643. The van der Waals surface area contributed by atoms with Crippen LogP contribution in [0.5, 0.6) is 0 Å². The third-order valence-electron chi connectivity index (χ3n) is 3.53. The van der Waals surface area contributed by atoms with E-state index in [1.165, 1.54) is 18.4 Å². The van der Waals surface area contributed by atoms with Gasteiger partial charge in [0.15, 0.2) is 0 Å².